The Bertz CT molecular complexity index is 470. The summed E-state index contributed by atoms with van der Waals surface area (Å²) in [7, 11) is 0. The summed E-state index contributed by atoms with van der Waals surface area (Å²) in [4.78, 5) is 2.50. The number of nitrogens with one attached hydrogen (secondary N) is 1. The molecule has 2 N–H and O–H groups in total. The van der Waals surface area contributed by atoms with Gasteiger partial charge in [0.05, 0.1) is 0 Å². The fraction of sp³-hybridized carbons (Fsp3) is 0.529. The summed E-state index contributed by atoms with van der Waals surface area (Å²) in [5.41, 5.74) is 3.34. The van der Waals surface area contributed by atoms with E-state index in [4.69, 9.17) is 0 Å². The van der Waals surface area contributed by atoms with E-state index in [9.17, 15) is 5.11 Å². The van der Waals surface area contributed by atoms with Gasteiger partial charge in [0.2, 0.25) is 0 Å². The minimum Gasteiger partial charge on any atom is -0.508 e. The average Bonchev–Trinajstić information content (AvgIpc) is 2.42. The van der Waals surface area contributed by atoms with E-state index in [0.717, 1.165) is 43.7 Å². The van der Waals surface area contributed by atoms with Crippen molar-refractivity contribution in [3.05, 3.63) is 35.4 Å². The number of hydrogen-bond donors (Lipinski definition) is 2. The van der Waals surface area contributed by atoms with E-state index in [1.54, 1.807) is 0 Å². The standard InChI is InChI=1S/C17H26N2O/c1-13(2)6-9-19-10-7-15(8-11-19)18-16-5-4-14(3)17(20)12-16/h4-6,12,15,18,20H,7-11H2,1-3H3. The van der Waals surface area contributed by atoms with E-state index in [0.29, 0.717) is 11.8 Å². The smallest absolute Gasteiger partial charge is 0.120 e. The molecule has 0 spiro atoms. The van der Waals surface area contributed by atoms with Gasteiger partial charge < -0.3 is 10.4 Å². The molecule has 3 nitrogen and oxygen atoms in total. The highest BCUT2D eigenvalue weighted by Crippen LogP contribution is 2.23. The number of allylic oxidation sites excluding steroid dienone is 1. The van der Waals surface area contributed by atoms with Crippen LogP contribution in [0, 0.1) is 6.92 Å². The van der Waals surface area contributed by atoms with Gasteiger partial charge in [-0.05, 0) is 45.2 Å². The van der Waals surface area contributed by atoms with E-state index in [1.807, 2.05) is 25.1 Å². The van der Waals surface area contributed by atoms with Crippen molar-refractivity contribution < 1.29 is 5.11 Å². The first-order chi connectivity index (χ1) is 9.54. The van der Waals surface area contributed by atoms with Crippen LogP contribution in [0.25, 0.3) is 0 Å². The van der Waals surface area contributed by atoms with Crippen LogP contribution in [0.3, 0.4) is 0 Å². The monoisotopic (exact) mass is 274 g/mol. The number of aromatic hydroxyl groups is 1. The van der Waals surface area contributed by atoms with Gasteiger partial charge in [0.15, 0.2) is 0 Å². The van der Waals surface area contributed by atoms with Crippen LogP contribution in [-0.4, -0.2) is 35.7 Å². The van der Waals surface area contributed by atoms with Crippen LogP contribution in [0.15, 0.2) is 29.8 Å². The van der Waals surface area contributed by atoms with Crippen molar-refractivity contribution in [1.29, 1.82) is 0 Å². The predicted molar refractivity (Wildman–Crippen MR) is 85.4 cm³/mol. The molecule has 1 aromatic carbocycles. The molecule has 1 saturated heterocycles. The third-order valence-electron chi connectivity index (χ3n) is 3.93. The van der Waals surface area contributed by atoms with Crippen LogP contribution < -0.4 is 5.32 Å². The number of likely N-dealkylation sites (tertiary alicyclic amines) is 1. The summed E-state index contributed by atoms with van der Waals surface area (Å²) in [6, 6.07) is 6.34. The molecular weight excluding hydrogens is 248 g/mol. The molecule has 0 atom stereocenters. The third-order valence-corrected chi connectivity index (χ3v) is 3.93. The molecule has 0 bridgehead atoms. The highest BCUT2D eigenvalue weighted by Gasteiger charge is 2.18. The van der Waals surface area contributed by atoms with Crippen LogP contribution in [0.5, 0.6) is 5.75 Å². The van der Waals surface area contributed by atoms with E-state index in [-0.39, 0.29) is 0 Å². The molecule has 1 fully saturated rings. The Morgan fingerprint density at radius 3 is 2.65 bits per heavy atom. The average molecular weight is 274 g/mol. The van der Waals surface area contributed by atoms with Crippen molar-refractivity contribution >= 4 is 5.69 Å². The first-order valence-corrected chi connectivity index (χ1v) is 7.46. The summed E-state index contributed by atoms with van der Waals surface area (Å²) in [6.07, 6.45) is 4.61. The second-order valence-corrected chi connectivity index (χ2v) is 6.00. The molecule has 1 heterocycles. The number of benzene rings is 1. The summed E-state index contributed by atoms with van der Waals surface area (Å²) >= 11 is 0. The SMILES string of the molecule is CC(C)=CCN1CCC(Nc2ccc(C)c(O)c2)CC1. The molecule has 0 saturated carbocycles. The number of aryl methyl sites for hydroxylation is 1. The molecule has 1 aliphatic heterocycles. The Morgan fingerprint density at radius 1 is 1.35 bits per heavy atom. The Morgan fingerprint density at radius 2 is 2.05 bits per heavy atom. The minimum absolute atomic E-state index is 0.371. The molecule has 110 valence electrons. The van der Waals surface area contributed by atoms with Gasteiger partial charge in [0.1, 0.15) is 5.75 Å². The normalized spacial score (nSPS) is 16.9. The largest absolute Gasteiger partial charge is 0.508 e. The fourth-order valence-electron chi connectivity index (χ4n) is 2.51. The van der Waals surface area contributed by atoms with Gasteiger partial charge in [-0.15, -0.1) is 0 Å². The van der Waals surface area contributed by atoms with E-state index < -0.39 is 0 Å². The zero-order valence-electron chi connectivity index (χ0n) is 12.8. The van der Waals surface area contributed by atoms with Crippen molar-refractivity contribution in [2.45, 2.75) is 39.7 Å². The number of piperidine rings is 1. The van der Waals surface area contributed by atoms with Crippen LogP contribution in [-0.2, 0) is 0 Å². The minimum atomic E-state index is 0.371. The Kier molecular flexibility index (Phi) is 5.07. The van der Waals surface area contributed by atoms with Crippen LogP contribution in [0.1, 0.15) is 32.3 Å². The lowest BCUT2D eigenvalue weighted by Crippen LogP contribution is -2.39. The lowest BCUT2D eigenvalue weighted by Gasteiger charge is -2.32. The summed E-state index contributed by atoms with van der Waals surface area (Å²) in [6.45, 7) is 9.57. The van der Waals surface area contributed by atoms with Gasteiger partial charge >= 0.3 is 0 Å². The molecule has 3 heteroatoms. The topological polar surface area (TPSA) is 35.5 Å². The van der Waals surface area contributed by atoms with E-state index in [2.05, 4.69) is 30.1 Å². The van der Waals surface area contributed by atoms with E-state index in [1.165, 1.54) is 5.57 Å². The summed E-state index contributed by atoms with van der Waals surface area (Å²) in [5, 5.41) is 13.3. The Labute approximate surface area is 122 Å². The van der Waals surface area contributed by atoms with Crippen molar-refractivity contribution in [2.75, 3.05) is 25.0 Å². The van der Waals surface area contributed by atoms with Crippen molar-refractivity contribution in [3.8, 4) is 5.75 Å². The maximum absolute atomic E-state index is 9.74. The molecule has 1 aliphatic rings. The Hall–Kier alpha value is -1.48. The third kappa shape index (κ3) is 4.27. The molecule has 0 aliphatic carbocycles. The van der Waals surface area contributed by atoms with Crippen molar-refractivity contribution in [1.82, 2.24) is 4.90 Å². The van der Waals surface area contributed by atoms with Gasteiger partial charge in [-0.2, -0.15) is 0 Å². The second kappa shape index (κ2) is 6.80. The van der Waals surface area contributed by atoms with Gasteiger partial charge in [-0.1, -0.05) is 17.7 Å². The van der Waals surface area contributed by atoms with Gasteiger partial charge in [-0.25, -0.2) is 0 Å². The van der Waals surface area contributed by atoms with Gasteiger partial charge in [-0.3, -0.25) is 4.90 Å². The van der Waals surface area contributed by atoms with E-state index >= 15 is 0 Å². The molecule has 20 heavy (non-hydrogen) atoms. The highest BCUT2D eigenvalue weighted by molar-refractivity contribution is 5.51. The van der Waals surface area contributed by atoms with Crippen LogP contribution in [0.4, 0.5) is 5.69 Å². The first-order valence-electron chi connectivity index (χ1n) is 7.46. The zero-order chi connectivity index (χ0) is 14.5. The lowest BCUT2D eigenvalue weighted by atomic mass is 10.0. The maximum Gasteiger partial charge on any atom is 0.120 e. The maximum atomic E-state index is 9.74. The van der Waals surface area contributed by atoms with Gasteiger partial charge in [0.25, 0.3) is 0 Å². The second-order valence-electron chi connectivity index (χ2n) is 6.00. The zero-order valence-corrected chi connectivity index (χ0v) is 12.8. The summed E-state index contributed by atoms with van der Waals surface area (Å²) in [5.74, 6) is 0.371. The number of phenols is 1. The fourth-order valence-corrected chi connectivity index (χ4v) is 2.51. The van der Waals surface area contributed by atoms with Gasteiger partial charge in [0, 0.05) is 37.4 Å². The van der Waals surface area contributed by atoms with Crippen LogP contribution in [0.2, 0.25) is 0 Å². The molecule has 0 amide bonds. The molecule has 2 rings (SSSR count). The quantitative estimate of drug-likeness (QED) is 0.824. The first kappa shape index (κ1) is 14.9. The number of hydrogen-bond acceptors (Lipinski definition) is 3. The lowest BCUT2D eigenvalue weighted by molar-refractivity contribution is 0.240. The number of nitrogens with zero attached hydrogens (tertiary/aromatic N) is 1. The Balaban J connectivity index is 1.82. The van der Waals surface area contributed by atoms with Crippen molar-refractivity contribution in [3.63, 3.8) is 0 Å². The van der Waals surface area contributed by atoms with Crippen molar-refractivity contribution in [2.24, 2.45) is 0 Å². The molecule has 0 unspecified atom stereocenters. The summed E-state index contributed by atoms with van der Waals surface area (Å²) < 4.78 is 0. The number of anilines is 1. The molecule has 0 aromatic heterocycles. The number of rotatable bonds is 4. The van der Waals surface area contributed by atoms with Crippen LogP contribution >= 0.6 is 0 Å². The highest BCUT2D eigenvalue weighted by atomic mass is 16.3. The predicted octanol–water partition coefficient (Wildman–Crippen LogP) is 3.54. The molecular formula is C17H26N2O. The molecule has 1 aromatic rings. The number of phenolic OH excluding ortho intramolecular Hbond substituents is 1. The molecule has 0 radical (unpaired) electrons.